The number of allylic oxidation sites excluding steroid dienone is 2. The molecule has 0 saturated carbocycles. The third-order valence-electron chi connectivity index (χ3n) is 15.2. The topological polar surface area (TPSA) is 0 Å². The summed E-state index contributed by atoms with van der Waals surface area (Å²) in [6.45, 7) is 38.3. The van der Waals surface area contributed by atoms with Crippen molar-refractivity contribution in [1.29, 1.82) is 0 Å². The fraction of sp³-hybridized carbons (Fsp3) is 0.394. The minimum absolute atomic E-state index is 0.0994. The third-order valence-corrected chi connectivity index (χ3v) is 36.8. The summed E-state index contributed by atoms with van der Waals surface area (Å²) in [5.74, 6) is -1.24. The van der Waals surface area contributed by atoms with Crippen molar-refractivity contribution >= 4 is 18.1 Å². The summed E-state index contributed by atoms with van der Waals surface area (Å²) in [4.78, 5) is 0. The Morgan fingerprint density at radius 3 is 0.853 bits per heavy atom. The quantitative estimate of drug-likeness (QED) is 0.114. The predicted molar refractivity (Wildman–Crippen MR) is 300 cm³/mol. The van der Waals surface area contributed by atoms with Crippen molar-refractivity contribution in [2.75, 3.05) is 0 Å². The fourth-order valence-corrected chi connectivity index (χ4v) is 34.2. The molecule has 353 valence electrons. The molecule has 2 unspecified atom stereocenters. The van der Waals surface area contributed by atoms with Crippen LogP contribution in [0.2, 0.25) is 13.1 Å². The molecule has 0 amide bonds. The Kier molecular flexibility index (Phi) is 14.2. The van der Waals surface area contributed by atoms with Crippen LogP contribution in [0.5, 0.6) is 0 Å². The number of fused-ring (bicyclic) bond motifs is 2. The zero-order valence-electron chi connectivity index (χ0n) is 44.8. The molecule has 0 bridgehead atoms. The van der Waals surface area contributed by atoms with Gasteiger partial charge in [-0.2, -0.15) is 0 Å². The van der Waals surface area contributed by atoms with Gasteiger partial charge in [0.1, 0.15) is 0 Å². The van der Waals surface area contributed by atoms with Crippen LogP contribution in [0.3, 0.4) is 0 Å². The summed E-state index contributed by atoms with van der Waals surface area (Å²) >= 11 is -2.64. The average Bonchev–Trinajstić information content (AvgIpc) is 3.84. The van der Waals surface area contributed by atoms with Crippen molar-refractivity contribution in [1.82, 2.24) is 0 Å². The molecule has 0 aliphatic heterocycles. The van der Waals surface area contributed by atoms with Crippen molar-refractivity contribution in [3.8, 4) is 44.5 Å². The summed E-state index contributed by atoms with van der Waals surface area (Å²) < 4.78 is 1.01. The molecule has 0 fully saturated rings. The van der Waals surface area contributed by atoms with Crippen molar-refractivity contribution < 1.29 is 20.9 Å². The Bertz CT molecular complexity index is 2630. The van der Waals surface area contributed by atoms with Crippen molar-refractivity contribution in [2.24, 2.45) is 0 Å². The molecule has 2 atom stereocenters. The van der Waals surface area contributed by atoms with Gasteiger partial charge in [-0.1, -0.05) is 0 Å². The number of rotatable bonds is 11. The average molecular weight is 994 g/mol. The molecule has 6 aromatic rings. The fourth-order valence-electron chi connectivity index (χ4n) is 11.3. The normalized spacial score (nSPS) is 16.2. The summed E-state index contributed by atoms with van der Waals surface area (Å²) in [6, 6.07) is 48.6. The third kappa shape index (κ3) is 9.95. The van der Waals surface area contributed by atoms with Crippen LogP contribution in [0.4, 0.5) is 0 Å². The van der Waals surface area contributed by atoms with E-state index in [0.29, 0.717) is 7.25 Å². The Morgan fingerprint density at radius 2 is 0.618 bits per heavy atom. The molecule has 2 aliphatic rings. The molecular weight excluding hydrogens is 912 g/mol. The summed E-state index contributed by atoms with van der Waals surface area (Å²) in [7, 11) is 0. The van der Waals surface area contributed by atoms with Gasteiger partial charge < -0.3 is 0 Å². The Morgan fingerprint density at radius 1 is 0.368 bits per heavy atom. The van der Waals surface area contributed by atoms with E-state index in [4.69, 9.17) is 0 Å². The van der Waals surface area contributed by atoms with E-state index < -0.39 is 26.8 Å². The van der Waals surface area contributed by atoms with Gasteiger partial charge in [0.2, 0.25) is 0 Å². The van der Waals surface area contributed by atoms with Gasteiger partial charge in [-0.15, -0.1) is 0 Å². The van der Waals surface area contributed by atoms with Crippen LogP contribution in [-0.4, -0.2) is 5.92 Å². The zero-order chi connectivity index (χ0) is 49.1. The first-order chi connectivity index (χ1) is 32.0. The maximum atomic E-state index is 2.76. The van der Waals surface area contributed by atoms with Gasteiger partial charge in [0.25, 0.3) is 0 Å². The molecular formula is C66H81SiZr. The summed E-state index contributed by atoms with van der Waals surface area (Å²) in [6.07, 6.45) is 10.1. The van der Waals surface area contributed by atoms with E-state index in [9.17, 15) is 0 Å². The van der Waals surface area contributed by atoms with E-state index >= 15 is 0 Å². The van der Waals surface area contributed by atoms with Crippen LogP contribution in [0, 0.1) is 0 Å². The molecule has 68 heavy (non-hydrogen) atoms. The van der Waals surface area contributed by atoms with E-state index in [1.807, 2.05) is 0 Å². The maximum absolute atomic E-state index is 2.76. The monoisotopic (exact) mass is 992 g/mol. The molecule has 2 heteroatoms. The van der Waals surface area contributed by atoms with Gasteiger partial charge in [-0.25, -0.2) is 0 Å². The van der Waals surface area contributed by atoms with Gasteiger partial charge in [-0.05, 0) is 0 Å². The van der Waals surface area contributed by atoms with Crippen LogP contribution in [0.1, 0.15) is 174 Å². The van der Waals surface area contributed by atoms with Gasteiger partial charge in [0, 0.05) is 0 Å². The van der Waals surface area contributed by atoms with Gasteiger partial charge >= 0.3 is 425 Å². The Labute approximate surface area is 422 Å². The second-order valence-electron chi connectivity index (χ2n) is 24.7. The first-order valence-electron chi connectivity index (χ1n) is 26.1. The van der Waals surface area contributed by atoms with Crippen LogP contribution in [0.15, 0.2) is 132 Å². The van der Waals surface area contributed by atoms with Gasteiger partial charge in [0.15, 0.2) is 0 Å². The number of hydrogen-bond acceptors (Lipinski definition) is 0. The van der Waals surface area contributed by atoms with Crippen LogP contribution in [0.25, 0.3) is 56.7 Å². The molecule has 0 spiro atoms. The van der Waals surface area contributed by atoms with Gasteiger partial charge in [-0.3, -0.25) is 0 Å². The predicted octanol–water partition coefficient (Wildman–Crippen LogP) is 19.3. The van der Waals surface area contributed by atoms with E-state index in [0.717, 1.165) is 25.7 Å². The second kappa shape index (κ2) is 19.2. The molecule has 8 rings (SSSR count). The number of benzene rings is 6. The molecule has 0 radical (unpaired) electrons. The Balaban J connectivity index is 1.40. The minimum atomic E-state index is -2.64. The molecule has 0 N–H and O–H groups in total. The van der Waals surface area contributed by atoms with Crippen molar-refractivity contribution in [3.63, 3.8) is 0 Å². The molecule has 0 heterocycles. The van der Waals surface area contributed by atoms with E-state index in [2.05, 4.69) is 244 Å². The van der Waals surface area contributed by atoms with Crippen molar-refractivity contribution in [2.45, 2.75) is 165 Å². The SMILES string of the molecule is CCCC1=Cc2c(-c3ccc(C(C)(C)C)cc3)ccc(-c3ccc(C(C)(C)C)cc3)c2[CH]1[Zr]([CH]1C(CCC)=Cc2c(-c3ccc(C(C)(C)C)cc3)ccc(-c3ccc(C(C)(C)C)cc3)c21)[SiH](C)C. The van der Waals surface area contributed by atoms with E-state index in [-0.39, 0.29) is 21.7 Å². The van der Waals surface area contributed by atoms with Crippen molar-refractivity contribution in [3.05, 3.63) is 177 Å². The first-order valence-corrected chi connectivity index (χ1v) is 36.0. The standard InChI is InChI=1S/2C32H37.C2H7Si.Zr/c2*1-8-9-22-20-29-27(23-10-14-25(15-11-23)31(2,3)4)18-19-28(30(29)21-22)24-12-16-26(17-13-24)32(5,6)7;1-3-2;/h2*10-21H,8-9H2,1-7H3;3H,1-2H3;. The zero-order valence-corrected chi connectivity index (χ0v) is 48.4. The summed E-state index contributed by atoms with van der Waals surface area (Å²) in [5, 5.41) is 0. The van der Waals surface area contributed by atoms with E-state index in [1.54, 1.807) is 22.3 Å². The molecule has 0 nitrogen and oxygen atoms in total. The number of hydrogen-bond donors (Lipinski definition) is 0. The molecule has 2 aliphatic carbocycles. The molecule has 6 aromatic carbocycles. The van der Waals surface area contributed by atoms with Gasteiger partial charge in [0.05, 0.1) is 0 Å². The van der Waals surface area contributed by atoms with Crippen LogP contribution in [-0.2, 0) is 42.6 Å². The second-order valence-corrected chi connectivity index (χ2v) is 44.8. The van der Waals surface area contributed by atoms with Crippen LogP contribution >= 0.6 is 0 Å². The first kappa shape index (κ1) is 50.3. The summed E-state index contributed by atoms with van der Waals surface area (Å²) in [5.41, 5.74) is 26.8. The molecule has 0 aromatic heterocycles. The molecule has 0 saturated heterocycles. The van der Waals surface area contributed by atoms with E-state index in [1.165, 1.54) is 77.9 Å². The van der Waals surface area contributed by atoms with Crippen LogP contribution < -0.4 is 0 Å². The Hall–Kier alpha value is -4.10.